The van der Waals surface area contributed by atoms with Crippen molar-refractivity contribution in [3.63, 3.8) is 0 Å². The lowest BCUT2D eigenvalue weighted by Crippen LogP contribution is -2.45. The molecule has 0 rings (SSSR count). The number of rotatable bonds is 56. The zero-order valence-electron chi connectivity index (χ0n) is 47.7. The minimum absolute atomic E-state index is 0.0769. The molecule has 1 amide bonds. The maximum Gasteiger partial charge on any atom is 0.220 e. The molecule has 0 bridgehead atoms. The molecule has 4 nitrogen and oxygen atoms in total. The molecule has 0 aliphatic heterocycles. The molecule has 0 fully saturated rings. The number of amides is 1. The summed E-state index contributed by atoms with van der Waals surface area (Å²) in [5.41, 5.74) is 0. The third-order valence-electron chi connectivity index (χ3n) is 13.7. The van der Waals surface area contributed by atoms with Crippen molar-refractivity contribution in [3.8, 4) is 0 Å². The molecular weight excluding hydrogens is 879 g/mol. The van der Waals surface area contributed by atoms with Gasteiger partial charge in [-0.2, -0.15) is 0 Å². The zero-order chi connectivity index (χ0) is 52.0. The van der Waals surface area contributed by atoms with Gasteiger partial charge in [-0.1, -0.05) is 303 Å². The van der Waals surface area contributed by atoms with Gasteiger partial charge in [0.15, 0.2) is 0 Å². The third kappa shape index (κ3) is 57.9. The number of unbranched alkanes of at least 4 members (excludes halogenated alkanes) is 33. The lowest BCUT2D eigenvalue weighted by atomic mass is 10.0. The second-order valence-electron chi connectivity index (χ2n) is 20.7. The first-order valence-corrected chi connectivity index (χ1v) is 31.1. The van der Waals surface area contributed by atoms with E-state index in [0.29, 0.717) is 6.42 Å². The Morgan fingerprint density at radius 1 is 0.347 bits per heavy atom. The predicted octanol–water partition coefficient (Wildman–Crippen LogP) is 21.0. The Hall–Kier alpha value is -2.95. The molecule has 0 saturated heterocycles. The summed E-state index contributed by atoms with van der Waals surface area (Å²) in [6, 6.07) is -0.650. The zero-order valence-corrected chi connectivity index (χ0v) is 47.7. The van der Waals surface area contributed by atoms with Crippen LogP contribution < -0.4 is 5.32 Å². The van der Waals surface area contributed by atoms with E-state index in [1.807, 2.05) is 6.08 Å². The maximum atomic E-state index is 12.5. The lowest BCUT2D eigenvalue weighted by molar-refractivity contribution is -0.123. The number of nitrogens with one attached hydrogen (secondary N) is 1. The molecule has 2 unspecified atom stereocenters. The summed E-state index contributed by atoms with van der Waals surface area (Å²) in [7, 11) is 0. The molecule has 414 valence electrons. The second-order valence-corrected chi connectivity index (χ2v) is 20.7. The molecule has 4 heteroatoms. The monoisotopic (exact) mass is 998 g/mol. The number of carbonyl (C=O) groups is 1. The van der Waals surface area contributed by atoms with Crippen LogP contribution in [-0.2, 0) is 4.79 Å². The van der Waals surface area contributed by atoms with Crippen LogP contribution >= 0.6 is 0 Å². The van der Waals surface area contributed by atoms with Crippen molar-refractivity contribution >= 4 is 5.91 Å². The summed E-state index contributed by atoms with van der Waals surface area (Å²) in [6.07, 6.45) is 94.2. The first-order valence-electron chi connectivity index (χ1n) is 31.1. The van der Waals surface area contributed by atoms with Crippen molar-refractivity contribution < 1.29 is 15.0 Å². The van der Waals surface area contributed by atoms with Gasteiger partial charge in [0.1, 0.15) is 0 Å². The van der Waals surface area contributed by atoms with Gasteiger partial charge in [-0.3, -0.25) is 4.79 Å². The van der Waals surface area contributed by atoms with Crippen LogP contribution in [-0.4, -0.2) is 34.9 Å². The Morgan fingerprint density at radius 3 is 0.972 bits per heavy atom. The molecule has 0 radical (unpaired) electrons. The summed E-state index contributed by atoms with van der Waals surface area (Å²) < 4.78 is 0. The van der Waals surface area contributed by atoms with E-state index in [-0.39, 0.29) is 12.5 Å². The minimum Gasteiger partial charge on any atom is -0.394 e. The molecule has 0 heterocycles. The van der Waals surface area contributed by atoms with E-state index in [1.54, 1.807) is 6.08 Å². The van der Waals surface area contributed by atoms with E-state index in [9.17, 15) is 15.0 Å². The molecule has 0 aliphatic carbocycles. The summed E-state index contributed by atoms with van der Waals surface area (Å²) in [4.78, 5) is 12.5. The topological polar surface area (TPSA) is 69.6 Å². The number of allylic oxidation sites excluding steroid dienone is 17. The van der Waals surface area contributed by atoms with Crippen LogP contribution in [0.3, 0.4) is 0 Å². The van der Waals surface area contributed by atoms with Crippen LogP contribution in [0.25, 0.3) is 0 Å². The van der Waals surface area contributed by atoms with Gasteiger partial charge in [0, 0.05) is 6.42 Å². The highest BCUT2D eigenvalue weighted by Crippen LogP contribution is 2.17. The first-order chi connectivity index (χ1) is 35.7. The van der Waals surface area contributed by atoms with Crippen LogP contribution in [0, 0.1) is 0 Å². The van der Waals surface area contributed by atoms with Crippen LogP contribution in [0.1, 0.15) is 296 Å². The number of hydrogen-bond donors (Lipinski definition) is 3. The summed E-state index contributed by atoms with van der Waals surface area (Å²) in [6.45, 7) is 4.19. The van der Waals surface area contributed by atoms with Gasteiger partial charge in [-0.15, -0.1) is 0 Å². The van der Waals surface area contributed by atoms with Gasteiger partial charge in [-0.25, -0.2) is 0 Å². The minimum atomic E-state index is -0.875. The van der Waals surface area contributed by atoms with Crippen molar-refractivity contribution in [2.75, 3.05) is 6.61 Å². The van der Waals surface area contributed by atoms with Crippen molar-refractivity contribution in [1.82, 2.24) is 5.32 Å². The van der Waals surface area contributed by atoms with Crippen molar-refractivity contribution in [3.05, 3.63) is 109 Å². The lowest BCUT2D eigenvalue weighted by Gasteiger charge is -2.19. The highest BCUT2D eigenvalue weighted by Gasteiger charge is 2.18. The molecule has 2 atom stereocenters. The summed E-state index contributed by atoms with van der Waals surface area (Å²) >= 11 is 0. The predicted molar refractivity (Wildman–Crippen MR) is 322 cm³/mol. The molecule has 72 heavy (non-hydrogen) atoms. The molecule has 0 saturated carbocycles. The number of aliphatic hydroxyl groups is 2. The van der Waals surface area contributed by atoms with E-state index in [4.69, 9.17) is 0 Å². The smallest absolute Gasteiger partial charge is 0.220 e. The van der Waals surface area contributed by atoms with E-state index in [0.717, 1.165) is 77.0 Å². The normalized spacial score (nSPS) is 13.6. The Kier molecular flexibility index (Phi) is 59.8. The fourth-order valence-corrected chi connectivity index (χ4v) is 9.04. The van der Waals surface area contributed by atoms with Gasteiger partial charge < -0.3 is 15.5 Å². The Morgan fingerprint density at radius 2 is 0.625 bits per heavy atom. The average molecular weight is 999 g/mol. The molecule has 3 N–H and O–H groups in total. The molecule has 0 aliphatic rings. The Balaban J connectivity index is 3.52. The fourth-order valence-electron chi connectivity index (χ4n) is 9.04. The first kappa shape index (κ1) is 69.0. The number of carbonyl (C=O) groups excluding carboxylic acids is 1. The molecule has 0 spiro atoms. The molecular formula is C68H119NO3. The number of hydrogen-bond acceptors (Lipinski definition) is 3. The van der Waals surface area contributed by atoms with Crippen molar-refractivity contribution in [1.29, 1.82) is 0 Å². The number of aliphatic hydroxyl groups excluding tert-OH is 2. The van der Waals surface area contributed by atoms with Crippen LogP contribution in [0.2, 0.25) is 0 Å². The fraction of sp³-hybridized carbons (Fsp3) is 0.721. The second kappa shape index (κ2) is 62.3. The van der Waals surface area contributed by atoms with E-state index >= 15 is 0 Å². The quantitative estimate of drug-likeness (QED) is 0.0420. The van der Waals surface area contributed by atoms with Crippen molar-refractivity contribution in [2.45, 2.75) is 309 Å². The van der Waals surface area contributed by atoms with Gasteiger partial charge in [0.05, 0.1) is 18.8 Å². The average Bonchev–Trinajstić information content (AvgIpc) is 3.39. The van der Waals surface area contributed by atoms with Crippen LogP contribution in [0.5, 0.6) is 0 Å². The van der Waals surface area contributed by atoms with E-state index in [2.05, 4.69) is 116 Å². The Bertz CT molecular complexity index is 1360. The van der Waals surface area contributed by atoms with Crippen LogP contribution in [0.15, 0.2) is 109 Å². The third-order valence-corrected chi connectivity index (χ3v) is 13.7. The summed E-state index contributed by atoms with van der Waals surface area (Å²) in [5.74, 6) is -0.0769. The molecule has 0 aromatic rings. The largest absolute Gasteiger partial charge is 0.394 e. The van der Waals surface area contributed by atoms with Gasteiger partial charge in [0.25, 0.3) is 0 Å². The molecule has 0 aromatic heterocycles. The highest BCUT2D eigenvalue weighted by atomic mass is 16.3. The molecule has 0 aromatic carbocycles. The maximum absolute atomic E-state index is 12.5. The van der Waals surface area contributed by atoms with Crippen molar-refractivity contribution in [2.24, 2.45) is 0 Å². The van der Waals surface area contributed by atoms with E-state index in [1.165, 1.54) is 199 Å². The van der Waals surface area contributed by atoms with Gasteiger partial charge >= 0.3 is 0 Å². The van der Waals surface area contributed by atoms with Gasteiger partial charge in [-0.05, 0) is 96.3 Å². The van der Waals surface area contributed by atoms with Crippen LogP contribution in [0.4, 0.5) is 0 Å². The standard InChI is InChI=1S/C68H119NO3/c1-3-5-7-9-11-13-15-17-19-21-23-25-26-27-28-29-30-31-32-33-34-35-36-37-38-39-40-41-42-44-46-48-50-52-54-56-58-60-62-64-68(72)69-66(65-70)67(71)63-61-59-57-55-53-51-49-47-45-43-24-22-20-18-16-14-12-10-8-6-4-2/h5,7,11,13,17,19,23,25,27-28,30-31,45,47,53,55,61,63,66-67,70-71H,3-4,6,8-10,12,14-16,18,20-22,24,26,29,32-44,46,48-52,54,56-60,62,64-65H2,1-2H3,(H,69,72)/b7-5-,13-11-,19-17-,25-23-,28-27-,31-30-,47-45+,55-53+,63-61+. The van der Waals surface area contributed by atoms with E-state index < -0.39 is 12.1 Å². The summed E-state index contributed by atoms with van der Waals surface area (Å²) in [5, 5.41) is 23.2. The Labute approximate surface area is 448 Å². The van der Waals surface area contributed by atoms with Gasteiger partial charge in [0.2, 0.25) is 5.91 Å². The highest BCUT2D eigenvalue weighted by molar-refractivity contribution is 5.76. The SMILES string of the molecule is CC/C=C\C/C=C\C/C=C\C/C=C\C/C=C\C/C=C\CCCCCCCCCCCCCCCCCCCCCCC(=O)NC(CO)C(O)/C=C/CC/C=C/CC/C=C/CCCCCCCCCCCCC.